The van der Waals surface area contributed by atoms with Gasteiger partial charge in [0.2, 0.25) is 0 Å². The Bertz CT molecular complexity index is 319. The van der Waals surface area contributed by atoms with Crippen molar-refractivity contribution in [2.75, 3.05) is 25.1 Å². The molecule has 0 radical (unpaired) electrons. The summed E-state index contributed by atoms with van der Waals surface area (Å²) >= 11 is 3.49. The molecule has 0 heterocycles. The molecule has 1 rings (SSSR count). The lowest BCUT2D eigenvalue weighted by Crippen LogP contribution is -2.10. The van der Waals surface area contributed by atoms with Crippen LogP contribution in [0.4, 0.5) is 5.69 Å². The highest BCUT2D eigenvalue weighted by molar-refractivity contribution is 9.10. The van der Waals surface area contributed by atoms with Crippen molar-refractivity contribution in [3.05, 3.63) is 28.2 Å². The molecule has 17 heavy (non-hydrogen) atoms. The predicted molar refractivity (Wildman–Crippen MR) is 77.6 cm³/mol. The van der Waals surface area contributed by atoms with Crippen LogP contribution in [0.2, 0.25) is 0 Å². The zero-order valence-electron chi connectivity index (χ0n) is 10.9. The molecule has 0 atom stereocenters. The first kappa shape index (κ1) is 14.5. The minimum Gasteiger partial charge on any atom is -0.383 e. The zero-order chi connectivity index (χ0) is 12.7. The third kappa shape index (κ3) is 6.69. The van der Waals surface area contributed by atoms with Crippen molar-refractivity contribution < 1.29 is 4.74 Å². The Hall–Kier alpha value is -0.540. The van der Waals surface area contributed by atoms with E-state index in [4.69, 9.17) is 4.74 Å². The molecule has 0 aromatic heterocycles. The third-order valence-corrected chi connectivity index (χ3v) is 2.92. The van der Waals surface area contributed by atoms with Crippen LogP contribution in [0.1, 0.15) is 25.8 Å². The van der Waals surface area contributed by atoms with Gasteiger partial charge in [-0.1, -0.05) is 29.8 Å². The molecule has 2 nitrogen and oxygen atoms in total. The van der Waals surface area contributed by atoms with E-state index in [0.29, 0.717) is 0 Å². The van der Waals surface area contributed by atoms with E-state index in [1.165, 1.54) is 5.56 Å². The number of halogens is 1. The van der Waals surface area contributed by atoms with E-state index >= 15 is 0 Å². The summed E-state index contributed by atoms with van der Waals surface area (Å²) in [4.78, 5) is 0. The Labute approximate surface area is 113 Å². The van der Waals surface area contributed by atoms with E-state index in [-0.39, 0.29) is 0 Å². The number of nitrogens with one attached hydrogen (secondary N) is 1. The molecular formula is C14H22BrNO. The van der Waals surface area contributed by atoms with Gasteiger partial charge in [0.05, 0.1) is 6.61 Å². The molecule has 0 unspecified atom stereocenters. The number of benzene rings is 1. The summed E-state index contributed by atoms with van der Waals surface area (Å²) in [5.41, 5.74) is 2.40. The molecule has 0 bridgehead atoms. The Morgan fingerprint density at radius 2 is 2.00 bits per heavy atom. The number of hydrogen-bond donors (Lipinski definition) is 1. The first-order chi connectivity index (χ1) is 8.08. The maximum Gasteiger partial charge on any atom is 0.0639 e. The summed E-state index contributed by atoms with van der Waals surface area (Å²) in [5, 5.41) is 3.36. The fourth-order valence-corrected chi connectivity index (χ4v) is 2.13. The van der Waals surface area contributed by atoms with Crippen LogP contribution in [0.25, 0.3) is 0 Å². The van der Waals surface area contributed by atoms with Crippen LogP contribution in [0.3, 0.4) is 0 Å². The fraction of sp³-hybridized carbons (Fsp3) is 0.571. The van der Waals surface area contributed by atoms with Gasteiger partial charge >= 0.3 is 0 Å². The molecule has 1 N–H and O–H groups in total. The standard InChI is InChI=1S/C14H22BrNO/c1-11(2)4-6-17-7-5-16-14-9-12(3)8-13(15)10-14/h8-11,16H,4-7H2,1-3H3. The molecule has 0 fully saturated rings. The SMILES string of the molecule is Cc1cc(Br)cc(NCCOCCC(C)C)c1. The molecule has 0 saturated heterocycles. The van der Waals surface area contributed by atoms with E-state index < -0.39 is 0 Å². The van der Waals surface area contributed by atoms with Crippen LogP contribution < -0.4 is 5.32 Å². The van der Waals surface area contributed by atoms with Gasteiger partial charge < -0.3 is 10.1 Å². The van der Waals surface area contributed by atoms with Crippen LogP contribution in [0, 0.1) is 12.8 Å². The second-order valence-electron chi connectivity index (χ2n) is 4.74. The normalized spacial score (nSPS) is 10.9. The van der Waals surface area contributed by atoms with Crippen LogP contribution in [0.5, 0.6) is 0 Å². The highest BCUT2D eigenvalue weighted by atomic mass is 79.9. The molecule has 0 amide bonds. The van der Waals surface area contributed by atoms with Crippen molar-refractivity contribution >= 4 is 21.6 Å². The Balaban J connectivity index is 2.18. The summed E-state index contributed by atoms with van der Waals surface area (Å²) < 4.78 is 6.66. The number of rotatable bonds is 7. The Kier molecular flexibility index (Phi) is 6.60. The van der Waals surface area contributed by atoms with Gasteiger partial charge in [0.15, 0.2) is 0 Å². The number of ether oxygens (including phenoxy) is 1. The van der Waals surface area contributed by atoms with Gasteiger partial charge in [-0.25, -0.2) is 0 Å². The van der Waals surface area contributed by atoms with Gasteiger partial charge in [-0.15, -0.1) is 0 Å². The number of hydrogen-bond acceptors (Lipinski definition) is 2. The topological polar surface area (TPSA) is 21.3 Å². The predicted octanol–water partition coefficient (Wildman–Crippen LogP) is 4.23. The summed E-state index contributed by atoms with van der Waals surface area (Å²) in [6, 6.07) is 6.32. The van der Waals surface area contributed by atoms with Crippen LogP contribution >= 0.6 is 15.9 Å². The van der Waals surface area contributed by atoms with Crippen molar-refractivity contribution in [2.45, 2.75) is 27.2 Å². The van der Waals surface area contributed by atoms with Crippen molar-refractivity contribution in [1.29, 1.82) is 0 Å². The zero-order valence-corrected chi connectivity index (χ0v) is 12.5. The summed E-state index contributed by atoms with van der Waals surface area (Å²) in [6.45, 7) is 9.00. The molecular weight excluding hydrogens is 278 g/mol. The lowest BCUT2D eigenvalue weighted by molar-refractivity contribution is 0.132. The van der Waals surface area contributed by atoms with Crippen LogP contribution in [-0.2, 0) is 4.74 Å². The van der Waals surface area contributed by atoms with Crippen molar-refractivity contribution in [3.63, 3.8) is 0 Å². The third-order valence-electron chi connectivity index (χ3n) is 2.46. The van der Waals surface area contributed by atoms with E-state index in [9.17, 15) is 0 Å². The molecule has 0 aliphatic carbocycles. The average Bonchev–Trinajstić information content (AvgIpc) is 2.21. The van der Waals surface area contributed by atoms with E-state index in [1.807, 2.05) is 0 Å². The lowest BCUT2D eigenvalue weighted by Gasteiger charge is -2.09. The van der Waals surface area contributed by atoms with Gasteiger partial charge in [0, 0.05) is 23.3 Å². The van der Waals surface area contributed by atoms with E-state index in [1.54, 1.807) is 0 Å². The first-order valence-corrected chi connectivity index (χ1v) is 6.96. The van der Waals surface area contributed by atoms with Gasteiger partial charge in [0.25, 0.3) is 0 Å². The minimum absolute atomic E-state index is 0.718. The highest BCUT2D eigenvalue weighted by Gasteiger charge is 1.97. The lowest BCUT2D eigenvalue weighted by atomic mass is 10.1. The van der Waals surface area contributed by atoms with Crippen molar-refractivity contribution in [2.24, 2.45) is 5.92 Å². The van der Waals surface area contributed by atoms with Crippen molar-refractivity contribution in [3.8, 4) is 0 Å². The molecule has 1 aromatic carbocycles. The number of aryl methyl sites for hydroxylation is 1. The average molecular weight is 300 g/mol. The minimum atomic E-state index is 0.718. The number of anilines is 1. The summed E-state index contributed by atoms with van der Waals surface area (Å²) in [7, 11) is 0. The second-order valence-corrected chi connectivity index (χ2v) is 5.65. The Morgan fingerprint density at radius 1 is 1.24 bits per heavy atom. The highest BCUT2D eigenvalue weighted by Crippen LogP contribution is 2.18. The first-order valence-electron chi connectivity index (χ1n) is 6.16. The van der Waals surface area contributed by atoms with E-state index in [0.717, 1.165) is 42.3 Å². The smallest absolute Gasteiger partial charge is 0.0639 e. The maximum absolute atomic E-state index is 5.55. The van der Waals surface area contributed by atoms with Gasteiger partial charge in [-0.2, -0.15) is 0 Å². The summed E-state index contributed by atoms with van der Waals surface area (Å²) in [5.74, 6) is 0.718. The quantitative estimate of drug-likeness (QED) is 0.761. The maximum atomic E-state index is 5.55. The van der Waals surface area contributed by atoms with Crippen LogP contribution in [-0.4, -0.2) is 19.8 Å². The molecule has 1 aromatic rings. The van der Waals surface area contributed by atoms with Gasteiger partial charge in [0.1, 0.15) is 0 Å². The summed E-state index contributed by atoms with van der Waals surface area (Å²) in [6.07, 6.45) is 1.13. The monoisotopic (exact) mass is 299 g/mol. The van der Waals surface area contributed by atoms with Gasteiger partial charge in [-0.05, 0) is 43.0 Å². The molecule has 0 spiro atoms. The van der Waals surface area contributed by atoms with Gasteiger partial charge in [-0.3, -0.25) is 0 Å². The second kappa shape index (κ2) is 7.72. The Morgan fingerprint density at radius 3 is 2.65 bits per heavy atom. The van der Waals surface area contributed by atoms with Crippen molar-refractivity contribution in [1.82, 2.24) is 0 Å². The fourth-order valence-electron chi connectivity index (χ4n) is 1.53. The van der Waals surface area contributed by atoms with E-state index in [2.05, 4.69) is 60.2 Å². The molecule has 0 aliphatic rings. The molecule has 3 heteroatoms. The molecule has 96 valence electrons. The largest absolute Gasteiger partial charge is 0.383 e. The molecule has 0 aliphatic heterocycles. The molecule has 0 saturated carbocycles. The van der Waals surface area contributed by atoms with Crippen LogP contribution in [0.15, 0.2) is 22.7 Å².